The predicted molar refractivity (Wildman–Crippen MR) is 162 cm³/mol. The van der Waals surface area contributed by atoms with Gasteiger partial charge in [-0.1, -0.05) is 59.9 Å². The molecule has 0 saturated heterocycles. The second-order valence-corrected chi connectivity index (χ2v) is 10.8. The number of anilines is 1. The molecule has 3 aromatic carbocycles. The molecule has 218 valence electrons. The maximum absolute atomic E-state index is 14.0. The summed E-state index contributed by atoms with van der Waals surface area (Å²) >= 11 is 1.03. The number of thiazole rings is 1. The number of esters is 1. The van der Waals surface area contributed by atoms with E-state index in [4.69, 9.17) is 18.6 Å². The summed E-state index contributed by atoms with van der Waals surface area (Å²) < 4.78 is 23.3. The molecule has 1 aliphatic heterocycles. The van der Waals surface area contributed by atoms with Gasteiger partial charge < -0.3 is 18.6 Å². The molecule has 0 fully saturated rings. The van der Waals surface area contributed by atoms with Crippen LogP contribution < -0.4 is 19.8 Å². The Labute approximate surface area is 251 Å². The van der Waals surface area contributed by atoms with Crippen molar-refractivity contribution in [2.24, 2.45) is 0 Å². The van der Waals surface area contributed by atoms with Gasteiger partial charge in [0.2, 0.25) is 5.76 Å². The maximum Gasteiger partial charge on any atom is 0.350 e. The van der Waals surface area contributed by atoms with Crippen LogP contribution in [0.25, 0.3) is 11.0 Å². The van der Waals surface area contributed by atoms with Crippen LogP contribution in [0.4, 0.5) is 5.13 Å². The molecule has 0 saturated carbocycles. The molecule has 9 nitrogen and oxygen atoms in total. The second kappa shape index (κ2) is 11.7. The van der Waals surface area contributed by atoms with Gasteiger partial charge in [-0.2, -0.15) is 0 Å². The van der Waals surface area contributed by atoms with Crippen molar-refractivity contribution < 1.29 is 28.2 Å². The average molecular weight is 597 g/mol. The van der Waals surface area contributed by atoms with Crippen molar-refractivity contribution in [2.45, 2.75) is 33.4 Å². The topological polar surface area (TPSA) is 108 Å². The Hall–Kier alpha value is -4.96. The van der Waals surface area contributed by atoms with Crippen molar-refractivity contribution in [1.82, 2.24) is 4.98 Å². The van der Waals surface area contributed by atoms with E-state index in [2.05, 4.69) is 4.98 Å². The third-order valence-corrected chi connectivity index (χ3v) is 8.19. The normalized spacial score (nSPS) is 14.2. The Morgan fingerprint density at radius 1 is 0.953 bits per heavy atom. The van der Waals surface area contributed by atoms with E-state index in [-0.39, 0.29) is 33.4 Å². The zero-order chi connectivity index (χ0) is 30.1. The zero-order valence-electron chi connectivity index (χ0n) is 23.8. The largest absolute Gasteiger partial charge is 0.490 e. The summed E-state index contributed by atoms with van der Waals surface area (Å²) in [5, 5.41) is 0.601. The zero-order valence-corrected chi connectivity index (χ0v) is 24.6. The van der Waals surface area contributed by atoms with Gasteiger partial charge in [0.1, 0.15) is 17.1 Å². The minimum absolute atomic E-state index is 0.0680. The lowest BCUT2D eigenvalue weighted by Gasteiger charge is -2.23. The highest BCUT2D eigenvalue weighted by molar-refractivity contribution is 7.17. The number of hydrogen-bond donors (Lipinski definition) is 0. The van der Waals surface area contributed by atoms with Gasteiger partial charge in [-0.25, -0.2) is 9.78 Å². The van der Waals surface area contributed by atoms with Crippen molar-refractivity contribution in [3.63, 3.8) is 0 Å². The summed E-state index contributed by atoms with van der Waals surface area (Å²) in [4.78, 5) is 46.8. The lowest BCUT2D eigenvalue weighted by atomic mass is 9.98. The van der Waals surface area contributed by atoms with Crippen LogP contribution >= 0.6 is 11.3 Å². The molecule has 1 aliphatic rings. The highest BCUT2D eigenvalue weighted by Gasteiger charge is 2.45. The van der Waals surface area contributed by atoms with Crippen LogP contribution in [0.1, 0.15) is 62.5 Å². The van der Waals surface area contributed by atoms with Gasteiger partial charge in [-0.15, -0.1) is 0 Å². The highest BCUT2D eigenvalue weighted by atomic mass is 32.1. The monoisotopic (exact) mass is 596 g/mol. The molecule has 10 heteroatoms. The summed E-state index contributed by atoms with van der Waals surface area (Å²) in [5.41, 5.74) is 2.19. The Morgan fingerprint density at radius 3 is 2.49 bits per heavy atom. The van der Waals surface area contributed by atoms with Crippen LogP contribution in [0.15, 0.2) is 82.0 Å². The summed E-state index contributed by atoms with van der Waals surface area (Å²) in [5.74, 6) is -0.144. The third kappa shape index (κ3) is 5.14. The number of benzene rings is 3. The Bertz CT molecular complexity index is 1900. The Kier molecular flexibility index (Phi) is 7.69. The maximum atomic E-state index is 14.0. The average Bonchev–Trinajstić information content (AvgIpc) is 3.54. The number of fused-ring (bicyclic) bond motifs is 2. The second-order valence-electron chi connectivity index (χ2n) is 9.79. The lowest BCUT2D eigenvalue weighted by Crippen LogP contribution is -2.29. The van der Waals surface area contributed by atoms with Gasteiger partial charge in [0.25, 0.3) is 5.91 Å². The fourth-order valence-corrected chi connectivity index (χ4v) is 6.11. The van der Waals surface area contributed by atoms with E-state index < -0.39 is 17.9 Å². The van der Waals surface area contributed by atoms with Crippen LogP contribution in [-0.4, -0.2) is 30.1 Å². The van der Waals surface area contributed by atoms with E-state index in [1.165, 1.54) is 4.90 Å². The Balaban J connectivity index is 1.49. The molecule has 0 radical (unpaired) electrons. The molecule has 0 bridgehead atoms. The van der Waals surface area contributed by atoms with E-state index in [1.54, 1.807) is 56.3 Å². The van der Waals surface area contributed by atoms with E-state index in [1.807, 2.05) is 37.3 Å². The molecule has 3 heterocycles. The van der Waals surface area contributed by atoms with Crippen LogP contribution in [0.3, 0.4) is 0 Å². The van der Waals surface area contributed by atoms with Gasteiger partial charge >= 0.3 is 5.97 Å². The number of carbonyl (C=O) groups is 2. The number of amides is 1. The molecule has 0 aliphatic carbocycles. The quantitative estimate of drug-likeness (QED) is 0.178. The first-order valence-electron chi connectivity index (χ1n) is 13.9. The van der Waals surface area contributed by atoms with Crippen molar-refractivity contribution in [3.05, 3.63) is 116 Å². The van der Waals surface area contributed by atoms with Crippen molar-refractivity contribution in [2.75, 3.05) is 18.1 Å². The van der Waals surface area contributed by atoms with Gasteiger partial charge in [0.15, 0.2) is 22.1 Å². The SMILES string of the molecule is CCOC(=O)c1sc(N2C(=O)c3oc4ccccc4c(=O)c3C2c2ccc(OCc3ccccc3)c(OCC)c2)nc1C. The first-order valence-corrected chi connectivity index (χ1v) is 14.7. The summed E-state index contributed by atoms with van der Waals surface area (Å²) in [6.07, 6.45) is 0. The van der Waals surface area contributed by atoms with Crippen LogP contribution in [-0.2, 0) is 11.3 Å². The summed E-state index contributed by atoms with van der Waals surface area (Å²) in [7, 11) is 0. The number of hydrogen-bond acceptors (Lipinski definition) is 9. The fraction of sp³-hybridized carbons (Fsp3) is 0.212. The lowest BCUT2D eigenvalue weighted by molar-refractivity contribution is 0.0531. The minimum Gasteiger partial charge on any atom is -0.490 e. The summed E-state index contributed by atoms with van der Waals surface area (Å²) in [6.45, 7) is 6.17. The number of carbonyl (C=O) groups excluding carboxylic acids is 2. The molecule has 2 aromatic heterocycles. The van der Waals surface area contributed by atoms with Gasteiger partial charge in [0.05, 0.1) is 35.9 Å². The highest BCUT2D eigenvalue weighted by Crippen LogP contribution is 2.45. The van der Waals surface area contributed by atoms with Gasteiger partial charge in [0, 0.05) is 0 Å². The van der Waals surface area contributed by atoms with Gasteiger partial charge in [-0.05, 0) is 56.2 Å². The number of rotatable bonds is 9. The van der Waals surface area contributed by atoms with Gasteiger partial charge in [-0.3, -0.25) is 14.5 Å². The van der Waals surface area contributed by atoms with Crippen LogP contribution in [0, 0.1) is 6.92 Å². The fourth-order valence-electron chi connectivity index (χ4n) is 5.12. The molecule has 0 spiro atoms. The smallest absolute Gasteiger partial charge is 0.350 e. The number of aromatic nitrogens is 1. The molecule has 6 rings (SSSR count). The number of para-hydroxylation sites is 1. The first-order chi connectivity index (χ1) is 20.9. The van der Waals surface area contributed by atoms with Crippen LogP contribution in [0.5, 0.6) is 11.5 Å². The van der Waals surface area contributed by atoms with Crippen molar-refractivity contribution >= 4 is 39.3 Å². The first kappa shape index (κ1) is 28.2. The van der Waals surface area contributed by atoms with Crippen LogP contribution in [0.2, 0.25) is 0 Å². The number of ether oxygens (including phenoxy) is 3. The molecule has 5 aromatic rings. The summed E-state index contributed by atoms with van der Waals surface area (Å²) in [6, 6.07) is 21.0. The molecule has 1 amide bonds. The Morgan fingerprint density at radius 2 is 1.72 bits per heavy atom. The van der Waals surface area contributed by atoms with E-state index in [0.29, 0.717) is 46.9 Å². The van der Waals surface area contributed by atoms with E-state index >= 15 is 0 Å². The van der Waals surface area contributed by atoms with E-state index in [9.17, 15) is 14.4 Å². The molecule has 1 atom stereocenters. The minimum atomic E-state index is -0.897. The standard InChI is InChI=1S/C33H28N2O7S/c1-4-39-25-17-21(15-16-24(25)41-18-20-11-7-6-8-12-20)27-26-28(36)22-13-9-10-14-23(22)42-29(26)31(37)35(27)33-34-19(3)30(43-33)32(38)40-5-2/h6-17,27H,4-5,18H2,1-3H3. The molecule has 1 unspecified atom stereocenters. The molecule has 0 N–H and O–H groups in total. The van der Waals surface area contributed by atoms with Crippen molar-refractivity contribution in [1.29, 1.82) is 0 Å². The third-order valence-electron chi connectivity index (χ3n) is 7.05. The number of nitrogens with zero attached hydrogens (tertiary/aromatic N) is 2. The van der Waals surface area contributed by atoms with Crippen molar-refractivity contribution in [3.8, 4) is 11.5 Å². The molecular weight excluding hydrogens is 568 g/mol. The number of aryl methyl sites for hydroxylation is 1. The molecule has 43 heavy (non-hydrogen) atoms. The molecular formula is C33H28N2O7S. The predicted octanol–water partition coefficient (Wildman–Crippen LogP) is 6.46. The van der Waals surface area contributed by atoms with E-state index in [0.717, 1.165) is 16.9 Å².